The maximum Gasteiger partial charge on any atom is 0.222 e. The zero-order chi connectivity index (χ0) is 15.9. The molecule has 2 aromatic heterocycles. The first-order chi connectivity index (χ1) is 11.2. The molecule has 1 N–H and O–H groups in total. The smallest absolute Gasteiger partial charge is 0.222 e. The predicted molar refractivity (Wildman–Crippen MR) is 89.3 cm³/mol. The number of fused-ring (bicyclic) bond motifs is 1. The third-order valence-corrected chi connectivity index (χ3v) is 5.39. The first-order valence-electron chi connectivity index (χ1n) is 8.57. The quantitative estimate of drug-likeness (QED) is 0.924. The predicted octanol–water partition coefficient (Wildman–Crippen LogP) is 2.33. The molecule has 0 saturated carbocycles. The molecule has 0 aliphatic carbocycles. The highest BCUT2D eigenvalue weighted by molar-refractivity contribution is 5.87. The Hall–Kier alpha value is -2.11. The summed E-state index contributed by atoms with van der Waals surface area (Å²) in [6.45, 7) is 4.75. The minimum Gasteiger partial charge on any atom is -0.354 e. The second-order valence-corrected chi connectivity index (χ2v) is 6.69. The van der Waals surface area contributed by atoms with E-state index in [2.05, 4.69) is 24.8 Å². The molecule has 0 aromatic carbocycles. The van der Waals surface area contributed by atoms with E-state index in [0.717, 1.165) is 62.2 Å². The number of aromatic amines is 1. The van der Waals surface area contributed by atoms with Gasteiger partial charge in [0.05, 0.1) is 10.9 Å². The van der Waals surface area contributed by atoms with Crippen LogP contribution in [0.5, 0.6) is 0 Å². The average molecular weight is 313 g/mol. The van der Waals surface area contributed by atoms with Crippen LogP contribution in [0.4, 0.5) is 5.82 Å². The fraction of sp³-hybridized carbons (Fsp3) is 0.588. The van der Waals surface area contributed by atoms with Crippen molar-refractivity contribution in [2.75, 3.05) is 24.5 Å². The third-order valence-electron chi connectivity index (χ3n) is 5.39. The number of nitrogens with one attached hydrogen (secondary N) is 1. The lowest BCUT2D eigenvalue weighted by molar-refractivity contribution is -0.135. The van der Waals surface area contributed by atoms with Gasteiger partial charge in [-0.05, 0) is 31.7 Å². The number of amides is 1. The Balaban J connectivity index is 1.67. The molecule has 4 heterocycles. The van der Waals surface area contributed by atoms with Gasteiger partial charge in [0.2, 0.25) is 5.91 Å². The number of nitrogens with zero attached hydrogens (tertiary/aromatic N) is 4. The number of hydrogen-bond acceptors (Lipinski definition) is 4. The SMILES string of the molecule is CCC(=O)N1CCCC12CCCN(c1ncnc3[nH]ccc13)C2. The molecular formula is C17H23N5O. The molecule has 6 nitrogen and oxygen atoms in total. The van der Waals surface area contributed by atoms with Crippen molar-refractivity contribution in [1.82, 2.24) is 19.9 Å². The largest absolute Gasteiger partial charge is 0.354 e. The van der Waals surface area contributed by atoms with Crippen LogP contribution in [0.2, 0.25) is 0 Å². The summed E-state index contributed by atoms with van der Waals surface area (Å²) < 4.78 is 0. The minimum atomic E-state index is -0.00107. The molecule has 0 radical (unpaired) electrons. The fourth-order valence-electron chi connectivity index (χ4n) is 4.35. The van der Waals surface area contributed by atoms with Crippen LogP contribution >= 0.6 is 0 Å². The molecule has 6 heteroatoms. The summed E-state index contributed by atoms with van der Waals surface area (Å²) in [5, 5.41) is 1.07. The Kier molecular flexibility index (Phi) is 3.47. The molecule has 1 amide bonds. The van der Waals surface area contributed by atoms with Crippen LogP contribution in [0.3, 0.4) is 0 Å². The standard InChI is InChI=1S/C17H23N5O/c1-2-14(23)22-10-4-7-17(22)6-3-9-21(11-17)16-13-5-8-18-15(13)19-12-20-16/h5,8,12H,2-4,6-7,9-11H2,1H3,(H,18,19,20). The van der Waals surface area contributed by atoms with Gasteiger partial charge in [-0.1, -0.05) is 6.92 Å². The summed E-state index contributed by atoms with van der Waals surface area (Å²) in [6, 6.07) is 2.04. The molecule has 2 aliphatic heterocycles. The summed E-state index contributed by atoms with van der Waals surface area (Å²) >= 11 is 0. The molecule has 2 aliphatic rings. The normalized spacial score (nSPS) is 24.7. The summed E-state index contributed by atoms with van der Waals surface area (Å²) in [5.41, 5.74) is 0.876. The highest BCUT2D eigenvalue weighted by Crippen LogP contribution is 2.39. The van der Waals surface area contributed by atoms with Gasteiger partial charge in [-0.3, -0.25) is 4.79 Å². The van der Waals surface area contributed by atoms with Gasteiger partial charge in [0.25, 0.3) is 0 Å². The second kappa shape index (κ2) is 5.51. The van der Waals surface area contributed by atoms with Gasteiger partial charge in [-0.15, -0.1) is 0 Å². The minimum absolute atomic E-state index is 0.00107. The van der Waals surface area contributed by atoms with E-state index >= 15 is 0 Å². The van der Waals surface area contributed by atoms with E-state index in [1.807, 2.05) is 19.2 Å². The van der Waals surface area contributed by atoms with Gasteiger partial charge in [0.1, 0.15) is 17.8 Å². The maximum atomic E-state index is 12.4. The van der Waals surface area contributed by atoms with Gasteiger partial charge in [0.15, 0.2) is 0 Å². The van der Waals surface area contributed by atoms with E-state index in [0.29, 0.717) is 12.3 Å². The zero-order valence-electron chi connectivity index (χ0n) is 13.6. The lowest BCUT2D eigenvalue weighted by atomic mass is 9.86. The van der Waals surface area contributed by atoms with Crippen LogP contribution in [0, 0.1) is 0 Å². The van der Waals surface area contributed by atoms with Crippen molar-refractivity contribution in [3.63, 3.8) is 0 Å². The van der Waals surface area contributed by atoms with Crippen molar-refractivity contribution in [1.29, 1.82) is 0 Å². The summed E-state index contributed by atoms with van der Waals surface area (Å²) in [6.07, 6.45) is 8.56. The summed E-state index contributed by atoms with van der Waals surface area (Å²) in [4.78, 5) is 28.9. The number of likely N-dealkylation sites (tertiary alicyclic amines) is 1. The molecular weight excluding hydrogens is 290 g/mol. The molecule has 122 valence electrons. The Labute approximate surface area is 135 Å². The maximum absolute atomic E-state index is 12.4. The number of anilines is 1. The Morgan fingerprint density at radius 2 is 2.13 bits per heavy atom. The van der Waals surface area contributed by atoms with E-state index < -0.39 is 0 Å². The van der Waals surface area contributed by atoms with E-state index in [4.69, 9.17) is 0 Å². The Morgan fingerprint density at radius 1 is 1.30 bits per heavy atom. The second-order valence-electron chi connectivity index (χ2n) is 6.69. The fourth-order valence-corrected chi connectivity index (χ4v) is 4.35. The van der Waals surface area contributed by atoms with Crippen LogP contribution in [0.15, 0.2) is 18.6 Å². The lowest BCUT2D eigenvalue weighted by Crippen LogP contribution is -2.57. The summed E-state index contributed by atoms with van der Waals surface area (Å²) in [5.74, 6) is 1.28. The summed E-state index contributed by atoms with van der Waals surface area (Å²) in [7, 11) is 0. The van der Waals surface area contributed by atoms with E-state index in [9.17, 15) is 4.79 Å². The number of carbonyl (C=O) groups is 1. The van der Waals surface area contributed by atoms with Crippen molar-refractivity contribution >= 4 is 22.8 Å². The Morgan fingerprint density at radius 3 is 2.96 bits per heavy atom. The van der Waals surface area contributed by atoms with Crippen molar-refractivity contribution in [2.24, 2.45) is 0 Å². The molecule has 0 bridgehead atoms. The van der Waals surface area contributed by atoms with Crippen LogP contribution in [0.25, 0.3) is 11.0 Å². The van der Waals surface area contributed by atoms with E-state index in [-0.39, 0.29) is 5.54 Å². The zero-order valence-corrected chi connectivity index (χ0v) is 13.6. The van der Waals surface area contributed by atoms with Gasteiger partial charge in [0, 0.05) is 32.3 Å². The average Bonchev–Trinajstić information content (AvgIpc) is 3.21. The lowest BCUT2D eigenvalue weighted by Gasteiger charge is -2.46. The first kappa shape index (κ1) is 14.5. The number of piperidine rings is 1. The van der Waals surface area contributed by atoms with Crippen LogP contribution in [-0.2, 0) is 4.79 Å². The van der Waals surface area contributed by atoms with Gasteiger partial charge < -0.3 is 14.8 Å². The highest BCUT2D eigenvalue weighted by atomic mass is 16.2. The number of hydrogen-bond donors (Lipinski definition) is 1. The molecule has 1 atom stereocenters. The monoisotopic (exact) mass is 313 g/mol. The molecule has 4 rings (SSSR count). The molecule has 23 heavy (non-hydrogen) atoms. The van der Waals surface area contributed by atoms with Gasteiger partial charge >= 0.3 is 0 Å². The van der Waals surface area contributed by atoms with E-state index in [1.54, 1.807) is 6.33 Å². The number of rotatable bonds is 2. The molecule has 2 aromatic rings. The van der Waals surface area contributed by atoms with Gasteiger partial charge in [-0.25, -0.2) is 9.97 Å². The van der Waals surface area contributed by atoms with Crippen molar-refractivity contribution in [3.8, 4) is 0 Å². The van der Waals surface area contributed by atoms with Crippen LogP contribution < -0.4 is 4.90 Å². The molecule has 1 unspecified atom stereocenters. The third kappa shape index (κ3) is 2.28. The Bertz CT molecular complexity index is 727. The highest BCUT2D eigenvalue weighted by Gasteiger charge is 2.46. The molecule has 2 saturated heterocycles. The molecule has 2 fully saturated rings. The first-order valence-corrected chi connectivity index (χ1v) is 8.57. The van der Waals surface area contributed by atoms with E-state index in [1.165, 1.54) is 0 Å². The topological polar surface area (TPSA) is 65.1 Å². The van der Waals surface area contributed by atoms with Crippen molar-refractivity contribution in [2.45, 2.75) is 44.6 Å². The van der Waals surface area contributed by atoms with Crippen LogP contribution in [-0.4, -0.2) is 50.9 Å². The van der Waals surface area contributed by atoms with Crippen molar-refractivity contribution < 1.29 is 4.79 Å². The van der Waals surface area contributed by atoms with Crippen LogP contribution in [0.1, 0.15) is 39.0 Å². The van der Waals surface area contributed by atoms with Crippen molar-refractivity contribution in [3.05, 3.63) is 18.6 Å². The van der Waals surface area contributed by atoms with Gasteiger partial charge in [-0.2, -0.15) is 0 Å². The number of H-pyrrole nitrogens is 1. The number of aromatic nitrogens is 3. The molecule has 1 spiro atoms. The number of carbonyl (C=O) groups excluding carboxylic acids is 1.